The Hall–Kier alpha value is -4.55. The third kappa shape index (κ3) is 5.69. The number of carbonyl (C=O) groups excluding carboxylic acids is 1. The molecule has 7 rings (SSSR count). The first-order chi connectivity index (χ1) is 22.7. The largest absolute Gasteiger partial charge is 0.392 e. The fourth-order valence-corrected chi connectivity index (χ4v) is 7.23. The third-order valence-corrected chi connectivity index (χ3v) is 9.89. The van der Waals surface area contributed by atoms with E-state index in [-0.39, 0.29) is 29.7 Å². The third-order valence-electron chi connectivity index (χ3n) is 9.89. The van der Waals surface area contributed by atoms with Gasteiger partial charge in [0.05, 0.1) is 24.5 Å². The van der Waals surface area contributed by atoms with Crippen LogP contribution in [0.1, 0.15) is 31.2 Å². The number of aliphatic hydroxyl groups is 1. The Labute approximate surface area is 272 Å². The standard InChI is InChI=1S/C35H39F2N7O3/c1-40-9-10-42(19-25(40)16-36)24-7-8-33(38-17-24)39-29-13-22(18-41(2)35(29)47)27-14-23(37)15-31(28(27)21-45)43-11-12-44-30-6-4-3-5-26(30)34(46)32(44)20-43/h7-8,13-15,17-18,20,25,45H,3-6,9-12,16,19,21H2,1-2H3,(H,38,39). The van der Waals surface area contributed by atoms with Gasteiger partial charge in [0.15, 0.2) is 0 Å². The molecule has 47 heavy (non-hydrogen) atoms. The highest BCUT2D eigenvalue weighted by molar-refractivity contribution is 6.11. The molecule has 0 spiro atoms. The van der Waals surface area contributed by atoms with Crippen LogP contribution in [-0.4, -0.2) is 82.7 Å². The number of aliphatic hydroxyl groups excluding tert-OH is 1. The number of aromatic nitrogens is 2. The number of allylic oxidation sites excluding steroid dienone is 2. The molecule has 12 heteroatoms. The summed E-state index contributed by atoms with van der Waals surface area (Å²) in [6.45, 7) is 2.40. The van der Waals surface area contributed by atoms with E-state index in [4.69, 9.17) is 0 Å². The number of hydrogen-bond donors (Lipinski definition) is 2. The number of hydrogen-bond acceptors (Lipinski definition) is 9. The molecule has 4 aliphatic rings. The summed E-state index contributed by atoms with van der Waals surface area (Å²) in [4.78, 5) is 39.1. The number of ketones is 1. The Kier molecular flexibility index (Phi) is 8.31. The van der Waals surface area contributed by atoms with E-state index >= 15 is 4.39 Å². The first kappa shape index (κ1) is 31.1. The summed E-state index contributed by atoms with van der Waals surface area (Å²) < 4.78 is 30.2. The Morgan fingerprint density at radius 2 is 1.87 bits per heavy atom. The molecule has 1 aromatic carbocycles. The number of Topliss-reactive ketones (excluding diaryl/α,β-unsaturated/α-hetero) is 1. The van der Waals surface area contributed by atoms with Gasteiger partial charge in [0.2, 0.25) is 5.78 Å². The van der Waals surface area contributed by atoms with Crippen molar-refractivity contribution in [3.05, 3.63) is 87.6 Å². The van der Waals surface area contributed by atoms with Gasteiger partial charge in [-0.1, -0.05) is 0 Å². The number of anilines is 4. The zero-order valence-electron chi connectivity index (χ0n) is 26.7. The van der Waals surface area contributed by atoms with Gasteiger partial charge in [-0.15, -0.1) is 0 Å². The lowest BCUT2D eigenvalue weighted by Crippen LogP contribution is -2.52. The number of rotatable bonds is 7. The quantitative estimate of drug-likeness (QED) is 0.391. The van der Waals surface area contributed by atoms with Crippen LogP contribution in [0.3, 0.4) is 0 Å². The highest BCUT2D eigenvalue weighted by Gasteiger charge is 2.38. The Morgan fingerprint density at radius 1 is 1.04 bits per heavy atom. The van der Waals surface area contributed by atoms with Crippen LogP contribution in [0.5, 0.6) is 0 Å². The molecule has 3 aliphatic heterocycles. The van der Waals surface area contributed by atoms with Crippen molar-refractivity contribution in [3.8, 4) is 11.1 Å². The second-order valence-corrected chi connectivity index (χ2v) is 12.7. The maximum atomic E-state index is 15.3. The minimum Gasteiger partial charge on any atom is -0.392 e. The van der Waals surface area contributed by atoms with Gasteiger partial charge in [-0.25, -0.2) is 13.8 Å². The maximum Gasteiger partial charge on any atom is 0.274 e. The summed E-state index contributed by atoms with van der Waals surface area (Å²) in [5, 5.41) is 13.7. The van der Waals surface area contributed by atoms with Crippen molar-refractivity contribution in [1.82, 2.24) is 19.4 Å². The predicted molar refractivity (Wildman–Crippen MR) is 178 cm³/mol. The van der Waals surface area contributed by atoms with Crippen LogP contribution in [0.4, 0.5) is 31.7 Å². The number of fused-ring (bicyclic) bond motifs is 2. The lowest BCUT2D eigenvalue weighted by atomic mass is 9.96. The van der Waals surface area contributed by atoms with Crippen molar-refractivity contribution < 1.29 is 18.7 Å². The molecule has 2 aromatic heterocycles. The molecule has 1 atom stereocenters. The van der Waals surface area contributed by atoms with Crippen molar-refractivity contribution in [2.45, 2.75) is 38.3 Å². The van der Waals surface area contributed by atoms with Crippen LogP contribution in [0, 0.1) is 5.82 Å². The number of halogens is 2. The average Bonchev–Trinajstić information content (AvgIpc) is 3.37. The number of pyridine rings is 2. The minimum absolute atomic E-state index is 0.0366. The van der Waals surface area contributed by atoms with Crippen molar-refractivity contribution >= 4 is 28.7 Å². The van der Waals surface area contributed by atoms with E-state index in [1.165, 1.54) is 16.7 Å². The summed E-state index contributed by atoms with van der Waals surface area (Å²) in [7, 11) is 3.54. The SMILES string of the molecule is CN1CCN(c2ccc(Nc3cc(-c4cc(F)cc(N5C=C6C(=O)C7=C(CCCC7)N6CC5)c4CO)cn(C)c3=O)nc2)CC1CF. The van der Waals surface area contributed by atoms with Crippen LogP contribution in [-0.2, 0) is 18.4 Å². The molecule has 3 aromatic rings. The number of nitrogens with one attached hydrogen (secondary N) is 1. The van der Waals surface area contributed by atoms with E-state index in [1.54, 1.807) is 37.8 Å². The molecular formula is C35H39F2N7O3. The number of benzene rings is 1. The van der Waals surface area contributed by atoms with Crippen LogP contribution in [0.25, 0.3) is 11.1 Å². The Morgan fingerprint density at radius 3 is 2.64 bits per heavy atom. The summed E-state index contributed by atoms with van der Waals surface area (Å²) in [6, 6.07) is 7.87. The Balaban J connectivity index is 1.18. The molecule has 0 amide bonds. The fourth-order valence-electron chi connectivity index (χ4n) is 7.23. The lowest BCUT2D eigenvalue weighted by molar-refractivity contribution is -0.112. The molecule has 0 radical (unpaired) electrons. The molecule has 1 fully saturated rings. The van der Waals surface area contributed by atoms with Crippen molar-refractivity contribution in [1.29, 1.82) is 0 Å². The number of alkyl halides is 1. The maximum absolute atomic E-state index is 15.3. The second-order valence-electron chi connectivity index (χ2n) is 12.7. The molecule has 1 aliphatic carbocycles. The van der Waals surface area contributed by atoms with Gasteiger partial charge in [0.25, 0.3) is 5.56 Å². The average molecular weight is 644 g/mol. The molecule has 10 nitrogen and oxygen atoms in total. The smallest absolute Gasteiger partial charge is 0.274 e. The molecule has 0 bridgehead atoms. The van der Waals surface area contributed by atoms with Gasteiger partial charge in [-0.2, -0.15) is 0 Å². The van der Waals surface area contributed by atoms with E-state index < -0.39 is 12.5 Å². The minimum atomic E-state index is -0.497. The Bertz CT molecular complexity index is 1840. The summed E-state index contributed by atoms with van der Waals surface area (Å²) >= 11 is 0. The molecule has 5 heterocycles. The zero-order chi connectivity index (χ0) is 32.8. The van der Waals surface area contributed by atoms with Gasteiger partial charge < -0.3 is 29.7 Å². The van der Waals surface area contributed by atoms with Crippen LogP contribution in [0.2, 0.25) is 0 Å². The second kappa shape index (κ2) is 12.6. The lowest BCUT2D eigenvalue weighted by Gasteiger charge is -2.39. The van der Waals surface area contributed by atoms with E-state index in [1.807, 2.05) is 22.9 Å². The number of nitrogens with zero attached hydrogens (tertiary/aromatic N) is 6. The number of likely N-dealkylation sites (N-methyl/N-ethyl adjacent to an activating group) is 1. The molecular weight excluding hydrogens is 604 g/mol. The van der Waals surface area contributed by atoms with Crippen LogP contribution >= 0.6 is 0 Å². The molecule has 0 saturated carbocycles. The summed E-state index contributed by atoms with van der Waals surface area (Å²) in [5.74, 6) is -0.0132. The molecule has 1 saturated heterocycles. The van der Waals surface area contributed by atoms with E-state index in [9.17, 15) is 19.1 Å². The van der Waals surface area contributed by atoms with Gasteiger partial charge in [0.1, 0.15) is 29.7 Å². The zero-order valence-corrected chi connectivity index (χ0v) is 26.7. The van der Waals surface area contributed by atoms with E-state index in [0.29, 0.717) is 53.5 Å². The predicted octanol–water partition coefficient (Wildman–Crippen LogP) is 4.29. The normalized spacial score (nSPS) is 20.0. The summed E-state index contributed by atoms with van der Waals surface area (Å²) in [6.07, 6.45) is 8.86. The topological polar surface area (TPSA) is 97.2 Å². The van der Waals surface area contributed by atoms with Gasteiger partial charge in [0, 0.05) is 80.3 Å². The van der Waals surface area contributed by atoms with Crippen LogP contribution in [0.15, 0.2) is 70.7 Å². The van der Waals surface area contributed by atoms with Gasteiger partial charge in [-0.05, 0) is 68.6 Å². The highest BCUT2D eigenvalue weighted by Crippen LogP contribution is 2.41. The first-order valence-corrected chi connectivity index (χ1v) is 16.2. The van der Waals surface area contributed by atoms with Crippen LogP contribution < -0.4 is 20.7 Å². The summed E-state index contributed by atoms with van der Waals surface area (Å²) in [5.41, 5.74) is 5.36. The fraction of sp³-hybridized carbons (Fsp3) is 0.400. The number of carbonyl (C=O) groups is 1. The number of aryl methyl sites for hydroxylation is 1. The van der Waals surface area contributed by atoms with E-state index in [2.05, 4.69) is 20.1 Å². The van der Waals surface area contributed by atoms with Crippen molar-refractivity contribution in [3.63, 3.8) is 0 Å². The first-order valence-electron chi connectivity index (χ1n) is 16.2. The molecule has 1 unspecified atom stereocenters. The highest BCUT2D eigenvalue weighted by atomic mass is 19.1. The van der Waals surface area contributed by atoms with Gasteiger partial charge in [-0.3, -0.25) is 14.5 Å². The number of piperazine rings is 1. The van der Waals surface area contributed by atoms with Gasteiger partial charge >= 0.3 is 0 Å². The monoisotopic (exact) mass is 643 g/mol. The van der Waals surface area contributed by atoms with E-state index in [0.717, 1.165) is 55.7 Å². The van der Waals surface area contributed by atoms with Crippen molar-refractivity contribution in [2.24, 2.45) is 7.05 Å². The molecule has 2 N–H and O–H groups in total. The molecule has 246 valence electrons. The van der Waals surface area contributed by atoms with Crippen molar-refractivity contribution in [2.75, 3.05) is 61.6 Å².